The lowest BCUT2D eigenvalue weighted by atomic mass is 10.1. The third-order valence-electron chi connectivity index (χ3n) is 2.85. The summed E-state index contributed by atoms with van der Waals surface area (Å²) < 4.78 is 13.5. The molecule has 19 heavy (non-hydrogen) atoms. The molecular formula is C16H18FNO. The topological polar surface area (TPSA) is 21.3 Å². The fourth-order valence-corrected chi connectivity index (χ4v) is 1.88. The summed E-state index contributed by atoms with van der Waals surface area (Å²) in [6.07, 6.45) is 0.599. The van der Waals surface area contributed by atoms with Gasteiger partial charge >= 0.3 is 0 Å². The standard InChI is InChI=1S/C16H18FNO/c1-13(11-15-9-5-6-10-16(15)17)18-19-12-14-7-3-2-4-8-14/h2-10,13,18H,11-12H2,1H3. The van der Waals surface area contributed by atoms with Gasteiger partial charge in [0.2, 0.25) is 0 Å². The highest BCUT2D eigenvalue weighted by atomic mass is 19.1. The third-order valence-corrected chi connectivity index (χ3v) is 2.85. The molecule has 0 spiro atoms. The summed E-state index contributed by atoms with van der Waals surface area (Å²) in [5.74, 6) is -0.167. The Hall–Kier alpha value is -1.71. The van der Waals surface area contributed by atoms with E-state index in [0.29, 0.717) is 18.6 Å². The van der Waals surface area contributed by atoms with Crippen molar-refractivity contribution >= 4 is 0 Å². The van der Waals surface area contributed by atoms with Crippen LogP contribution in [0, 0.1) is 5.82 Å². The molecule has 1 N–H and O–H groups in total. The number of rotatable bonds is 6. The van der Waals surface area contributed by atoms with Gasteiger partial charge in [0.25, 0.3) is 0 Å². The van der Waals surface area contributed by atoms with Crippen LogP contribution < -0.4 is 5.48 Å². The van der Waals surface area contributed by atoms with Gasteiger partial charge in [-0.25, -0.2) is 4.39 Å². The van der Waals surface area contributed by atoms with Crippen LogP contribution in [0.15, 0.2) is 54.6 Å². The van der Waals surface area contributed by atoms with Gasteiger partial charge in [-0.3, -0.25) is 4.84 Å². The van der Waals surface area contributed by atoms with Crippen LogP contribution in [0.5, 0.6) is 0 Å². The highest BCUT2D eigenvalue weighted by Crippen LogP contribution is 2.09. The van der Waals surface area contributed by atoms with Gasteiger partial charge in [0, 0.05) is 6.04 Å². The van der Waals surface area contributed by atoms with Gasteiger partial charge in [-0.1, -0.05) is 48.5 Å². The molecule has 2 aromatic rings. The van der Waals surface area contributed by atoms with Crippen molar-refractivity contribution in [3.05, 3.63) is 71.5 Å². The van der Waals surface area contributed by atoms with E-state index in [4.69, 9.17) is 4.84 Å². The van der Waals surface area contributed by atoms with Crippen molar-refractivity contribution in [3.63, 3.8) is 0 Å². The minimum Gasteiger partial charge on any atom is -0.297 e. The molecule has 0 radical (unpaired) electrons. The molecule has 2 nitrogen and oxygen atoms in total. The van der Waals surface area contributed by atoms with Crippen LogP contribution in [0.3, 0.4) is 0 Å². The second-order valence-corrected chi connectivity index (χ2v) is 4.59. The SMILES string of the molecule is CC(Cc1ccccc1F)NOCc1ccccc1. The first-order valence-corrected chi connectivity index (χ1v) is 6.40. The van der Waals surface area contributed by atoms with Crippen LogP contribution in [0.1, 0.15) is 18.1 Å². The third kappa shape index (κ3) is 4.47. The average Bonchev–Trinajstić information content (AvgIpc) is 2.43. The first kappa shape index (κ1) is 13.7. The second kappa shape index (κ2) is 7.02. The minimum absolute atomic E-state index is 0.0561. The average molecular weight is 259 g/mol. The molecule has 0 aliphatic rings. The van der Waals surface area contributed by atoms with Gasteiger partial charge in [0.1, 0.15) is 5.82 Å². The normalized spacial score (nSPS) is 12.3. The van der Waals surface area contributed by atoms with Gasteiger partial charge < -0.3 is 0 Å². The molecule has 0 heterocycles. The van der Waals surface area contributed by atoms with E-state index in [9.17, 15) is 4.39 Å². The van der Waals surface area contributed by atoms with Crippen LogP contribution in [-0.2, 0) is 17.9 Å². The molecule has 0 saturated heterocycles. The Morgan fingerprint density at radius 1 is 1.05 bits per heavy atom. The van der Waals surface area contributed by atoms with Gasteiger partial charge in [-0.2, -0.15) is 5.48 Å². The molecule has 1 atom stereocenters. The lowest BCUT2D eigenvalue weighted by molar-refractivity contribution is 0.00748. The highest BCUT2D eigenvalue weighted by molar-refractivity contribution is 5.18. The Morgan fingerprint density at radius 2 is 1.74 bits per heavy atom. The molecule has 0 aromatic heterocycles. The quantitative estimate of drug-likeness (QED) is 0.802. The Balaban J connectivity index is 1.76. The van der Waals surface area contributed by atoms with Gasteiger partial charge in [0.05, 0.1) is 6.61 Å². The van der Waals surface area contributed by atoms with E-state index in [1.165, 1.54) is 6.07 Å². The van der Waals surface area contributed by atoms with Crippen molar-refractivity contribution in [2.45, 2.75) is 26.0 Å². The predicted molar refractivity (Wildman–Crippen MR) is 73.9 cm³/mol. The maximum Gasteiger partial charge on any atom is 0.126 e. The van der Waals surface area contributed by atoms with Crippen molar-refractivity contribution in [1.29, 1.82) is 0 Å². The Labute approximate surface area is 113 Å². The van der Waals surface area contributed by atoms with E-state index in [1.54, 1.807) is 12.1 Å². The molecule has 3 heteroatoms. The number of hydrogen-bond donors (Lipinski definition) is 1. The zero-order valence-corrected chi connectivity index (χ0v) is 11.0. The van der Waals surface area contributed by atoms with Crippen molar-refractivity contribution < 1.29 is 9.23 Å². The van der Waals surface area contributed by atoms with Crippen LogP contribution in [0.4, 0.5) is 4.39 Å². The lowest BCUT2D eigenvalue weighted by Gasteiger charge is -2.14. The van der Waals surface area contributed by atoms with Crippen molar-refractivity contribution in [2.24, 2.45) is 0 Å². The molecule has 0 fully saturated rings. The highest BCUT2D eigenvalue weighted by Gasteiger charge is 2.07. The van der Waals surface area contributed by atoms with Crippen molar-refractivity contribution in [1.82, 2.24) is 5.48 Å². The van der Waals surface area contributed by atoms with Crippen LogP contribution in [-0.4, -0.2) is 6.04 Å². The summed E-state index contributed by atoms with van der Waals surface area (Å²) in [5, 5.41) is 0. The van der Waals surface area contributed by atoms with Crippen molar-refractivity contribution in [3.8, 4) is 0 Å². The summed E-state index contributed by atoms with van der Waals surface area (Å²) >= 11 is 0. The van der Waals surface area contributed by atoms with E-state index in [1.807, 2.05) is 43.3 Å². The molecular weight excluding hydrogens is 241 g/mol. The van der Waals surface area contributed by atoms with E-state index < -0.39 is 0 Å². The largest absolute Gasteiger partial charge is 0.297 e. The molecule has 2 rings (SSSR count). The predicted octanol–water partition coefficient (Wildman–Crippen LogP) is 3.48. The zero-order valence-electron chi connectivity index (χ0n) is 11.0. The van der Waals surface area contributed by atoms with E-state index in [-0.39, 0.29) is 11.9 Å². The van der Waals surface area contributed by atoms with Crippen LogP contribution >= 0.6 is 0 Å². The number of hydroxylamine groups is 1. The summed E-state index contributed by atoms with van der Waals surface area (Å²) in [7, 11) is 0. The van der Waals surface area contributed by atoms with E-state index >= 15 is 0 Å². The van der Waals surface area contributed by atoms with Crippen molar-refractivity contribution in [2.75, 3.05) is 0 Å². The summed E-state index contributed by atoms with van der Waals surface area (Å²) in [5.41, 5.74) is 4.74. The fourth-order valence-electron chi connectivity index (χ4n) is 1.88. The van der Waals surface area contributed by atoms with Gasteiger partial charge in [-0.05, 0) is 30.5 Å². The van der Waals surface area contributed by atoms with Gasteiger partial charge in [0.15, 0.2) is 0 Å². The van der Waals surface area contributed by atoms with Crippen LogP contribution in [0.25, 0.3) is 0 Å². The fraction of sp³-hybridized carbons (Fsp3) is 0.250. The molecule has 100 valence electrons. The van der Waals surface area contributed by atoms with Gasteiger partial charge in [-0.15, -0.1) is 0 Å². The number of nitrogens with one attached hydrogen (secondary N) is 1. The second-order valence-electron chi connectivity index (χ2n) is 4.59. The number of halogens is 1. The number of benzene rings is 2. The summed E-state index contributed by atoms with van der Waals surface area (Å²) in [6.45, 7) is 2.47. The lowest BCUT2D eigenvalue weighted by Crippen LogP contribution is -2.28. The first-order chi connectivity index (χ1) is 9.25. The Bertz CT molecular complexity index is 501. The van der Waals surface area contributed by atoms with Crippen LogP contribution in [0.2, 0.25) is 0 Å². The summed E-state index contributed by atoms with van der Waals surface area (Å²) in [6, 6.07) is 16.8. The van der Waals surface area contributed by atoms with E-state index in [2.05, 4.69) is 5.48 Å². The zero-order chi connectivity index (χ0) is 13.5. The first-order valence-electron chi connectivity index (χ1n) is 6.40. The molecule has 0 aliphatic carbocycles. The number of hydrogen-bond acceptors (Lipinski definition) is 2. The molecule has 0 aliphatic heterocycles. The summed E-state index contributed by atoms with van der Waals surface area (Å²) in [4.78, 5) is 5.42. The monoisotopic (exact) mass is 259 g/mol. The maximum absolute atomic E-state index is 13.5. The molecule has 0 saturated carbocycles. The molecule has 0 amide bonds. The minimum atomic E-state index is -0.167. The smallest absolute Gasteiger partial charge is 0.126 e. The van der Waals surface area contributed by atoms with E-state index in [0.717, 1.165) is 5.56 Å². The Kier molecular flexibility index (Phi) is 5.07. The maximum atomic E-state index is 13.5. The molecule has 0 bridgehead atoms. The Morgan fingerprint density at radius 3 is 2.47 bits per heavy atom. The molecule has 2 aromatic carbocycles. The molecule has 1 unspecified atom stereocenters.